The Kier molecular flexibility index (Phi) is 4.17. The van der Waals surface area contributed by atoms with Crippen molar-refractivity contribution in [1.29, 1.82) is 0 Å². The second-order valence-corrected chi connectivity index (χ2v) is 5.62. The molecule has 2 N–H and O–H groups in total. The van der Waals surface area contributed by atoms with Gasteiger partial charge < -0.3 is 10.5 Å². The van der Waals surface area contributed by atoms with Crippen molar-refractivity contribution in [3.05, 3.63) is 50.6 Å². The van der Waals surface area contributed by atoms with E-state index in [1.165, 1.54) is 29.5 Å². The Bertz CT molecular complexity index is 557. The predicted molar refractivity (Wildman–Crippen MR) is 71.2 cm³/mol. The number of hydrogen-bond acceptors (Lipinski definition) is 3. The van der Waals surface area contributed by atoms with Crippen LogP contribution in [0.25, 0.3) is 0 Å². The number of rotatable bonds is 3. The third-order valence-corrected chi connectivity index (χ3v) is 3.83. The molecule has 0 radical (unpaired) electrons. The van der Waals surface area contributed by atoms with Crippen LogP contribution < -0.4 is 10.5 Å². The van der Waals surface area contributed by atoms with E-state index in [2.05, 4.69) is 20.7 Å². The van der Waals surface area contributed by atoms with Gasteiger partial charge in [-0.3, -0.25) is 0 Å². The molecule has 0 fully saturated rings. The lowest BCUT2D eigenvalue weighted by molar-refractivity contribution is -0.274. The molecule has 1 aromatic carbocycles. The molecule has 0 unspecified atom stereocenters. The van der Waals surface area contributed by atoms with Crippen LogP contribution >= 0.6 is 27.3 Å². The fourth-order valence-corrected chi connectivity index (χ4v) is 2.73. The average molecular weight is 352 g/mol. The molecule has 2 aromatic rings. The zero-order valence-electron chi connectivity index (χ0n) is 9.45. The third-order valence-electron chi connectivity index (χ3n) is 2.38. The van der Waals surface area contributed by atoms with Crippen molar-refractivity contribution in [2.75, 3.05) is 0 Å². The summed E-state index contributed by atoms with van der Waals surface area (Å²) < 4.78 is 41.7. The number of halogens is 4. The van der Waals surface area contributed by atoms with Crippen molar-refractivity contribution < 1.29 is 17.9 Å². The second-order valence-electron chi connectivity index (χ2n) is 3.72. The van der Waals surface area contributed by atoms with Crippen LogP contribution in [0.5, 0.6) is 5.75 Å². The number of ether oxygens (including phenoxy) is 1. The number of thiophene rings is 1. The number of benzene rings is 1. The highest BCUT2D eigenvalue weighted by molar-refractivity contribution is 9.10. The van der Waals surface area contributed by atoms with E-state index < -0.39 is 12.4 Å². The van der Waals surface area contributed by atoms with Crippen molar-refractivity contribution in [2.45, 2.75) is 12.4 Å². The Morgan fingerprint density at radius 3 is 2.58 bits per heavy atom. The first-order valence-corrected chi connectivity index (χ1v) is 6.88. The molecule has 1 heterocycles. The van der Waals surface area contributed by atoms with E-state index in [9.17, 15) is 13.2 Å². The molecule has 0 saturated carbocycles. The normalized spacial score (nSPS) is 13.3. The smallest absolute Gasteiger partial charge is 0.405 e. The summed E-state index contributed by atoms with van der Waals surface area (Å²) in [6.45, 7) is 0. The fraction of sp³-hybridized carbons (Fsp3) is 0.167. The molecule has 0 aliphatic heterocycles. The van der Waals surface area contributed by atoms with Gasteiger partial charge in [-0.2, -0.15) is 0 Å². The Labute approximate surface area is 120 Å². The van der Waals surface area contributed by atoms with E-state index in [1.54, 1.807) is 12.1 Å². The monoisotopic (exact) mass is 351 g/mol. The summed E-state index contributed by atoms with van der Waals surface area (Å²) in [4.78, 5) is 0.769. The van der Waals surface area contributed by atoms with Crippen LogP contribution in [0.3, 0.4) is 0 Å². The van der Waals surface area contributed by atoms with Crippen molar-refractivity contribution in [3.8, 4) is 5.75 Å². The predicted octanol–water partition coefficient (Wildman–Crippen LogP) is 4.46. The molecule has 0 aliphatic rings. The van der Waals surface area contributed by atoms with Gasteiger partial charge in [0.15, 0.2) is 0 Å². The number of nitrogens with two attached hydrogens (primary N) is 1. The van der Waals surface area contributed by atoms with E-state index in [-0.39, 0.29) is 11.3 Å². The van der Waals surface area contributed by atoms with Crippen LogP contribution in [0, 0.1) is 0 Å². The molecule has 0 aliphatic carbocycles. The standard InChI is InChI=1S/C12H9BrF3NOS/c13-7-3-4-9(18-12(14,15)16)8(6-7)11(17)10-2-1-5-19-10/h1-6,11H,17H2/t11-/m0/s1. The molecule has 0 bridgehead atoms. The maximum atomic E-state index is 12.4. The minimum atomic E-state index is -4.74. The summed E-state index contributed by atoms with van der Waals surface area (Å²) in [5, 5.41) is 1.82. The second kappa shape index (κ2) is 5.52. The lowest BCUT2D eigenvalue weighted by Crippen LogP contribution is -2.20. The van der Waals surface area contributed by atoms with Crippen LogP contribution in [-0.4, -0.2) is 6.36 Å². The van der Waals surface area contributed by atoms with Gasteiger partial charge in [0.2, 0.25) is 0 Å². The molecule has 0 saturated heterocycles. The summed E-state index contributed by atoms with van der Waals surface area (Å²) >= 11 is 4.60. The van der Waals surface area contributed by atoms with Crippen molar-refractivity contribution >= 4 is 27.3 Å². The lowest BCUT2D eigenvalue weighted by Gasteiger charge is -2.17. The van der Waals surface area contributed by atoms with Crippen LogP contribution in [0.15, 0.2) is 40.2 Å². The number of alkyl halides is 3. The molecular weight excluding hydrogens is 343 g/mol. The highest BCUT2D eigenvalue weighted by atomic mass is 79.9. The van der Waals surface area contributed by atoms with E-state index in [0.717, 1.165) is 4.88 Å². The highest BCUT2D eigenvalue weighted by Gasteiger charge is 2.33. The summed E-state index contributed by atoms with van der Waals surface area (Å²) in [5.41, 5.74) is 6.28. The summed E-state index contributed by atoms with van der Waals surface area (Å²) in [7, 11) is 0. The minimum Gasteiger partial charge on any atom is -0.405 e. The Hall–Kier alpha value is -1.05. The largest absolute Gasteiger partial charge is 0.573 e. The number of hydrogen-bond donors (Lipinski definition) is 1. The Balaban J connectivity index is 2.40. The molecule has 19 heavy (non-hydrogen) atoms. The molecule has 102 valence electrons. The van der Waals surface area contributed by atoms with Gasteiger partial charge in [-0.05, 0) is 29.6 Å². The van der Waals surface area contributed by atoms with Crippen molar-refractivity contribution in [2.24, 2.45) is 5.73 Å². The minimum absolute atomic E-state index is 0.281. The van der Waals surface area contributed by atoms with Crippen LogP contribution in [0.1, 0.15) is 16.5 Å². The summed E-state index contributed by atoms with van der Waals surface area (Å²) in [6, 6.07) is 7.17. The maximum Gasteiger partial charge on any atom is 0.573 e. The van der Waals surface area contributed by atoms with Gasteiger partial charge >= 0.3 is 6.36 Å². The molecule has 2 rings (SSSR count). The molecule has 7 heteroatoms. The first kappa shape index (κ1) is 14.4. The van der Waals surface area contributed by atoms with Gasteiger partial charge in [0, 0.05) is 14.9 Å². The van der Waals surface area contributed by atoms with Crippen molar-refractivity contribution in [1.82, 2.24) is 0 Å². The van der Waals surface area contributed by atoms with Crippen LogP contribution in [0.2, 0.25) is 0 Å². The van der Waals surface area contributed by atoms with Gasteiger partial charge in [-0.25, -0.2) is 0 Å². The van der Waals surface area contributed by atoms with Crippen molar-refractivity contribution in [3.63, 3.8) is 0 Å². The van der Waals surface area contributed by atoms with E-state index >= 15 is 0 Å². The first-order chi connectivity index (χ1) is 8.87. The molecule has 0 spiro atoms. The van der Waals surface area contributed by atoms with Crippen LogP contribution in [-0.2, 0) is 0 Å². The van der Waals surface area contributed by atoms with Gasteiger partial charge in [0.1, 0.15) is 5.75 Å². The Morgan fingerprint density at radius 2 is 2.00 bits per heavy atom. The van der Waals surface area contributed by atoms with E-state index in [1.807, 2.05) is 5.38 Å². The zero-order chi connectivity index (χ0) is 14.0. The topological polar surface area (TPSA) is 35.2 Å². The maximum absolute atomic E-state index is 12.4. The SMILES string of the molecule is N[C@H](c1cccs1)c1cc(Br)ccc1OC(F)(F)F. The average Bonchev–Trinajstić information content (AvgIpc) is 2.82. The van der Waals surface area contributed by atoms with Gasteiger partial charge in [0.25, 0.3) is 0 Å². The summed E-state index contributed by atoms with van der Waals surface area (Å²) in [5.74, 6) is -0.281. The molecule has 0 amide bonds. The van der Waals surface area contributed by atoms with Crippen LogP contribution in [0.4, 0.5) is 13.2 Å². The quantitative estimate of drug-likeness (QED) is 0.885. The Morgan fingerprint density at radius 1 is 1.26 bits per heavy atom. The van der Waals surface area contributed by atoms with Gasteiger partial charge in [-0.1, -0.05) is 22.0 Å². The molecular formula is C12H9BrF3NOS. The van der Waals surface area contributed by atoms with Gasteiger partial charge in [-0.15, -0.1) is 24.5 Å². The first-order valence-electron chi connectivity index (χ1n) is 5.21. The molecule has 1 atom stereocenters. The summed E-state index contributed by atoms with van der Waals surface area (Å²) in [6.07, 6.45) is -4.74. The van der Waals surface area contributed by atoms with E-state index in [0.29, 0.717) is 4.47 Å². The van der Waals surface area contributed by atoms with Gasteiger partial charge in [0.05, 0.1) is 6.04 Å². The zero-order valence-corrected chi connectivity index (χ0v) is 11.8. The highest BCUT2D eigenvalue weighted by Crippen LogP contribution is 2.35. The lowest BCUT2D eigenvalue weighted by atomic mass is 10.1. The molecule has 1 aromatic heterocycles. The third kappa shape index (κ3) is 3.71. The molecule has 2 nitrogen and oxygen atoms in total. The van der Waals surface area contributed by atoms with E-state index in [4.69, 9.17) is 5.73 Å². The fourth-order valence-electron chi connectivity index (χ4n) is 1.60.